The van der Waals surface area contributed by atoms with Gasteiger partial charge in [0.05, 0.1) is 0 Å². The fourth-order valence-electron chi connectivity index (χ4n) is 4.61. The van der Waals surface area contributed by atoms with Crippen molar-refractivity contribution in [3.8, 4) is 22.6 Å². The second-order valence-corrected chi connectivity index (χ2v) is 24.9. The van der Waals surface area contributed by atoms with Crippen LogP contribution in [0.1, 0.15) is 64.9 Å². The molecule has 0 saturated carbocycles. The maximum absolute atomic E-state index is 7.32. The van der Waals surface area contributed by atoms with E-state index >= 15 is 0 Å². The van der Waals surface area contributed by atoms with E-state index in [2.05, 4.69) is 149 Å². The monoisotopic (exact) mass is 778 g/mol. The zero-order valence-corrected chi connectivity index (χ0v) is 30.9. The van der Waals surface area contributed by atoms with E-state index in [0.29, 0.717) is 0 Å². The maximum atomic E-state index is 7.32. The lowest BCUT2D eigenvalue weighted by Crippen LogP contribution is -2.47. The van der Waals surface area contributed by atoms with Crippen molar-refractivity contribution >= 4 is 61.8 Å². The molecule has 210 valence electrons. The average Bonchev–Trinajstić information content (AvgIpc) is 2.80. The van der Waals surface area contributed by atoms with E-state index in [1.54, 1.807) is 0 Å². The molecule has 4 nitrogen and oxygen atoms in total. The minimum Gasteiger partial charge on any atom is -0.485 e. The van der Waals surface area contributed by atoms with Crippen molar-refractivity contribution in [2.45, 2.75) is 102 Å². The van der Waals surface area contributed by atoms with Gasteiger partial charge in [-0.2, -0.15) is 0 Å². The van der Waals surface area contributed by atoms with Crippen LogP contribution in [0.3, 0.4) is 0 Å². The second-order valence-electron chi connectivity index (χ2n) is 13.7. The molecule has 1 aliphatic carbocycles. The van der Waals surface area contributed by atoms with Crippen LogP contribution in [0.4, 0.5) is 0 Å². The van der Waals surface area contributed by atoms with E-state index in [4.69, 9.17) is 18.3 Å². The fourth-order valence-corrected chi connectivity index (χ4v) is 8.58. The van der Waals surface area contributed by atoms with Crippen LogP contribution in [-0.4, -0.2) is 37.7 Å². The van der Waals surface area contributed by atoms with Gasteiger partial charge in [-0.1, -0.05) is 111 Å². The Labute approximate surface area is 259 Å². The molecule has 2 aliphatic rings. The molecule has 0 aromatic heterocycles. The highest BCUT2D eigenvalue weighted by molar-refractivity contribution is 14.1. The Morgan fingerprint density at radius 2 is 1.00 bits per heavy atom. The molecule has 4 atom stereocenters. The van der Waals surface area contributed by atoms with Gasteiger partial charge in [0.1, 0.15) is 35.9 Å². The largest absolute Gasteiger partial charge is 0.485 e. The molecule has 0 N–H and O–H groups in total. The summed E-state index contributed by atoms with van der Waals surface area (Å²) >= 11 is 4.83. The van der Waals surface area contributed by atoms with Crippen LogP contribution in [0.25, 0.3) is 11.1 Å². The topological polar surface area (TPSA) is 36.9 Å². The number of benzene rings is 2. The van der Waals surface area contributed by atoms with Gasteiger partial charge in [0.25, 0.3) is 0 Å². The Kier molecular flexibility index (Phi) is 8.86. The normalized spacial score (nSPS) is 23.6. The van der Waals surface area contributed by atoms with Crippen LogP contribution in [0.15, 0.2) is 36.4 Å². The molecular weight excluding hydrogens is 734 g/mol. The molecular formula is C30H44I2O4Si2. The van der Waals surface area contributed by atoms with Gasteiger partial charge in [-0.3, -0.25) is 0 Å². The molecule has 0 radical (unpaired) electrons. The van der Waals surface area contributed by atoms with Crippen molar-refractivity contribution < 1.29 is 18.3 Å². The molecule has 1 aliphatic heterocycles. The molecule has 0 spiro atoms. The van der Waals surface area contributed by atoms with E-state index < -0.39 is 16.6 Å². The quantitative estimate of drug-likeness (QED) is 0.166. The van der Waals surface area contributed by atoms with Crippen LogP contribution >= 0.6 is 45.2 Å². The molecule has 0 unspecified atom stereocenters. The molecule has 8 heteroatoms. The summed E-state index contributed by atoms with van der Waals surface area (Å²) in [5.74, 6) is 1.84. The van der Waals surface area contributed by atoms with Gasteiger partial charge in [-0.05, 0) is 59.5 Å². The summed E-state index contributed by atoms with van der Waals surface area (Å²) in [6.45, 7) is 23.2. The highest BCUT2D eigenvalue weighted by atomic mass is 127. The smallest absolute Gasteiger partial charge is 0.193 e. The Morgan fingerprint density at radius 3 is 1.29 bits per heavy atom. The van der Waals surface area contributed by atoms with Gasteiger partial charge in [-0.25, -0.2) is 0 Å². The van der Waals surface area contributed by atoms with Crippen LogP contribution in [0.5, 0.6) is 11.5 Å². The molecule has 0 bridgehead atoms. The molecule has 0 saturated heterocycles. The molecule has 0 fully saturated rings. The Bertz CT molecular complexity index is 1080. The first-order valence-electron chi connectivity index (χ1n) is 13.6. The van der Waals surface area contributed by atoms with Gasteiger partial charge in [-0.15, -0.1) is 0 Å². The average molecular weight is 779 g/mol. The summed E-state index contributed by atoms with van der Waals surface area (Å²) in [4.78, 5) is 0. The summed E-state index contributed by atoms with van der Waals surface area (Å²) in [7, 11) is -4.31. The second kappa shape index (κ2) is 10.9. The predicted molar refractivity (Wildman–Crippen MR) is 181 cm³/mol. The van der Waals surface area contributed by atoms with Gasteiger partial charge >= 0.3 is 0 Å². The number of halogens is 2. The number of hydrogen-bond donors (Lipinski definition) is 0. The summed E-state index contributed by atoms with van der Waals surface area (Å²) in [5, 5.41) is 0.137. The highest BCUT2D eigenvalue weighted by Crippen LogP contribution is 2.58. The minimum absolute atomic E-state index is 0.0308. The van der Waals surface area contributed by atoms with Crippen LogP contribution < -0.4 is 9.47 Å². The number of rotatable bonds is 6. The fraction of sp³-hybridized carbons (Fsp3) is 0.600. The van der Waals surface area contributed by atoms with Gasteiger partial charge in [0, 0.05) is 20.0 Å². The molecule has 38 heavy (non-hydrogen) atoms. The van der Waals surface area contributed by atoms with Gasteiger partial charge in [0.2, 0.25) is 0 Å². The third-order valence-corrected chi connectivity index (χ3v) is 19.6. The van der Waals surface area contributed by atoms with Crippen molar-refractivity contribution in [3.63, 3.8) is 0 Å². The molecule has 4 rings (SSSR count). The van der Waals surface area contributed by atoms with Gasteiger partial charge < -0.3 is 18.3 Å². The Balaban J connectivity index is 1.99. The van der Waals surface area contributed by atoms with Crippen molar-refractivity contribution in [3.05, 3.63) is 47.5 Å². The summed E-state index contributed by atoms with van der Waals surface area (Å²) in [5.41, 5.74) is 4.52. The van der Waals surface area contributed by atoms with Crippen LogP contribution in [0.2, 0.25) is 36.3 Å². The van der Waals surface area contributed by atoms with Crippen molar-refractivity contribution in [1.82, 2.24) is 0 Å². The van der Waals surface area contributed by atoms with Crippen molar-refractivity contribution in [2.75, 3.05) is 8.86 Å². The SMILES string of the molecule is CC(C)(C)[Si](C)(C)O[C@@H]1c2cccc3c2-c2c(cccc2[C@H]1O[Si](C)(C)C(C)(C)C)O[C@H](CI)[C@@H](CI)O3. The Hall–Kier alpha value is -0.146. The van der Waals surface area contributed by atoms with E-state index in [-0.39, 0.29) is 34.5 Å². The molecule has 1 heterocycles. The first-order chi connectivity index (χ1) is 17.5. The molecule has 0 amide bonds. The van der Waals surface area contributed by atoms with Crippen LogP contribution in [-0.2, 0) is 8.85 Å². The van der Waals surface area contributed by atoms with E-state index in [0.717, 1.165) is 42.6 Å². The van der Waals surface area contributed by atoms with E-state index in [1.165, 1.54) is 0 Å². The molecule has 2 aromatic carbocycles. The highest BCUT2D eigenvalue weighted by Gasteiger charge is 2.49. The number of hydrogen-bond acceptors (Lipinski definition) is 4. The first-order valence-corrected chi connectivity index (χ1v) is 22.5. The Morgan fingerprint density at radius 1 is 0.658 bits per heavy atom. The summed E-state index contributed by atoms with van der Waals surface area (Å²) < 4.78 is 29.8. The lowest BCUT2D eigenvalue weighted by molar-refractivity contribution is 0.0299. The summed E-state index contributed by atoms with van der Waals surface area (Å²) in [6, 6.07) is 12.9. The van der Waals surface area contributed by atoms with Crippen molar-refractivity contribution in [1.29, 1.82) is 0 Å². The van der Waals surface area contributed by atoms with E-state index in [9.17, 15) is 0 Å². The lowest BCUT2D eigenvalue weighted by Gasteiger charge is -2.48. The zero-order valence-electron chi connectivity index (χ0n) is 24.6. The lowest BCUT2D eigenvalue weighted by atomic mass is 9.80. The van der Waals surface area contributed by atoms with Crippen LogP contribution in [0, 0.1) is 0 Å². The third kappa shape index (κ3) is 5.64. The number of alkyl halides is 2. The minimum atomic E-state index is -2.16. The van der Waals surface area contributed by atoms with E-state index in [1.807, 2.05) is 0 Å². The predicted octanol–water partition coefficient (Wildman–Crippen LogP) is 9.87. The maximum Gasteiger partial charge on any atom is 0.193 e. The first kappa shape index (κ1) is 30.8. The van der Waals surface area contributed by atoms with Crippen molar-refractivity contribution in [2.24, 2.45) is 0 Å². The standard InChI is InChI=1S/C30H44I2O4Si2/c1-29(2,3)37(7,8)35-27-19-13-11-15-21-25(19)26-20(28(27)36-38(9,10)30(4,5)6)14-12-16-22(26)34-24(18-32)23(17-31)33-21/h11-16,23-24,27-28H,17-18H2,1-10H3/t23-,24-,27-,28-/m1/s1. The summed E-state index contributed by atoms with van der Waals surface area (Å²) in [6.07, 6.45) is -0.498. The third-order valence-electron chi connectivity index (χ3n) is 8.99. The number of ether oxygens (including phenoxy) is 2. The van der Waals surface area contributed by atoms with Gasteiger partial charge in [0.15, 0.2) is 16.6 Å². The molecule has 2 aromatic rings. The zero-order chi connectivity index (χ0) is 28.3.